The van der Waals surface area contributed by atoms with Crippen molar-refractivity contribution in [3.05, 3.63) is 36.4 Å². The number of methoxy groups -OCH3 is 2. The van der Waals surface area contributed by atoms with Crippen molar-refractivity contribution in [2.24, 2.45) is 15.3 Å². The summed E-state index contributed by atoms with van der Waals surface area (Å²) in [5.74, 6) is -1.72. The van der Waals surface area contributed by atoms with E-state index in [-0.39, 0.29) is 38.4 Å². The standard InChI is InChI=1S/C20H22N4O12S3/c1-12-19(20(25)24(23-12)13-4-6-14(7-5-13)38(28,29)30)22-21-15-10-17(35-3)18(11-16(15)34-2)37(26,27)9-8-36-39(31,32)33/h4-7,10-11,19H,8-9H2,1-3H3,(H,28,29,30)(H,31,32,33)/t19-/m1/s1. The van der Waals surface area contributed by atoms with Crippen LogP contribution in [0, 0.1) is 0 Å². The van der Waals surface area contributed by atoms with E-state index in [4.69, 9.17) is 18.6 Å². The fourth-order valence-corrected chi connectivity index (χ4v) is 5.42. The minimum atomic E-state index is -4.84. The summed E-state index contributed by atoms with van der Waals surface area (Å²) in [6.45, 7) is 0.655. The summed E-state index contributed by atoms with van der Waals surface area (Å²) in [7, 11) is -11.0. The summed E-state index contributed by atoms with van der Waals surface area (Å²) in [6.07, 6.45) is 0. The lowest BCUT2D eigenvalue weighted by Gasteiger charge is -2.14. The Morgan fingerprint density at radius 2 is 1.59 bits per heavy atom. The van der Waals surface area contributed by atoms with E-state index < -0.39 is 54.7 Å². The molecule has 212 valence electrons. The summed E-state index contributed by atoms with van der Waals surface area (Å²) < 4.78 is 101. The maximum absolute atomic E-state index is 12.9. The van der Waals surface area contributed by atoms with E-state index in [2.05, 4.69) is 19.5 Å². The number of azo groups is 1. The van der Waals surface area contributed by atoms with Crippen LogP contribution in [0.5, 0.6) is 11.5 Å². The van der Waals surface area contributed by atoms with Gasteiger partial charge < -0.3 is 9.47 Å². The lowest BCUT2D eigenvalue weighted by atomic mass is 10.2. The highest BCUT2D eigenvalue weighted by Gasteiger charge is 2.35. The third-order valence-corrected chi connectivity index (χ3v) is 8.17. The number of ether oxygens (including phenoxy) is 2. The Morgan fingerprint density at radius 3 is 2.13 bits per heavy atom. The molecule has 0 aromatic heterocycles. The Hall–Kier alpha value is -3.49. The maximum atomic E-state index is 12.9. The van der Waals surface area contributed by atoms with Crippen LogP contribution in [0.25, 0.3) is 0 Å². The van der Waals surface area contributed by atoms with Crippen LogP contribution in [0.3, 0.4) is 0 Å². The van der Waals surface area contributed by atoms with Gasteiger partial charge in [-0.25, -0.2) is 12.6 Å². The first-order chi connectivity index (χ1) is 18.1. The second-order valence-electron chi connectivity index (χ2n) is 7.72. The van der Waals surface area contributed by atoms with Gasteiger partial charge in [-0.05, 0) is 31.2 Å². The molecule has 3 rings (SSSR count). The Labute approximate surface area is 223 Å². The van der Waals surface area contributed by atoms with Gasteiger partial charge in [0.15, 0.2) is 15.9 Å². The molecule has 1 heterocycles. The zero-order valence-electron chi connectivity index (χ0n) is 20.4. The van der Waals surface area contributed by atoms with E-state index in [9.17, 15) is 30.0 Å². The lowest BCUT2D eigenvalue weighted by molar-refractivity contribution is -0.117. The van der Waals surface area contributed by atoms with Gasteiger partial charge in [-0.3, -0.25) is 13.9 Å². The van der Waals surface area contributed by atoms with Crippen molar-refractivity contribution in [2.45, 2.75) is 22.8 Å². The molecule has 0 bridgehead atoms. The highest BCUT2D eigenvalue weighted by molar-refractivity contribution is 7.91. The van der Waals surface area contributed by atoms with E-state index in [1.54, 1.807) is 0 Å². The first-order valence-electron chi connectivity index (χ1n) is 10.6. The molecule has 0 saturated carbocycles. The van der Waals surface area contributed by atoms with Gasteiger partial charge >= 0.3 is 10.4 Å². The Balaban J connectivity index is 1.87. The summed E-state index contributed by atoms with van der Waals surface area (Å²) >= 11 is 0. The number of amides is 1. The van der Waals surface area contributed by atoms with E-state index >= 15 is 0 Å². The number of hydrogen-bond acceptors (Lipinski definition) is 13. The monoisotopic (exact) mass is 606 g/mol. The van der Waals surface area contributed by atoms with Crippen molar-refractivity contribution >= 4 is 53.3 Å². The van der Waals surface area contributed by atoms with Gasteiger partial charge in [0.05, 0.1) is 42.9 Å². The van der Waals surface area contributed by atoms with Gasteiger partial charge in [0.1, 0.15) is 22.1 Å². The van der Waals surface area contributed by atoms with Crippen molar-refractivity contribution in [1.82, 2.24) is 0 Å². The number of hydrazone groups is 1. The van der Waals surface area contributed by atoms with Crippen LogP contribution in [0.15, 0.2) is 61.5 Å². The topological polar surface area (TPSA) is 228 Å². The summed E-state index contributed by atoms with van der Waals surface area (Å²) in [4.78, 5) is 12.2. The molecule has 0 radical (unpaired) electrons. The molecule has 0 fully saturated rings. The van der Waals surface area contributed by atoms with E-state index in [1.807, 2.05) is 0 Å². The third-order valence-electron chi connectivity index (χ3n) is 5.14. The van der Waals surface area contributed by atoms with Gasteiger partial charge in [0, 0.05) is 12.1 Å². The van der Waals surface area contributed by atoms with Gasteiger partial charge in [-0.1, -0.05) is 0 Å². The van der Waals surface area contributed by atoms with Crippen LogP contribution in [-0.4, -0.2) is 78.6 Å². The van der Waals surface area contributed by atoms with Crippen molar-refractivity contribution < 1.29 is 52.8 Å². The van der Waals surface area contributed by atoms with Crippen LogP contribution in [0.2, 0.25) is 0 Å². The average Bonchev–Trinajstić information content (AvgIpc) is 3.13. The fraction of sp³-hybridized carbons (Fsp3) is 0.300. The molecule has 1 atom stereocenters. The van der Waals surface area contributed by atoms with Crippen molar-refractivity contribution in [3.8, 4) is 11.5 Å². The first kappa shape index (κ1) is 30.1. The van der Waals surface area contributed by atoms with Crippen molar-refractivity contribution in [2.75, 3.05) is 31.6 Å². The highest BCUT2D eigenvalue weighted by Crippen LogP contribution is 2.38. The third kappa shape index (κ3) is 7.13. The minimum Gasteiger partial charge on any atom is -0.495 e. The quantitative estimate of drug-likeness (QED) is 0.273. The van der Waals surface area contributed by atoms with Gasteiger partial charge in [-0.15, -0.1) is 0 Å². The van der Waals surface area contributed by atoms with Crippen LogP contribution in [0.1, 0.15) is 6.92 Å². The number of hydrogen-bond donors (Lipinski definition) is 2. The molecule has 0 aliphatic carbocycles. The number of carbonyl (C=O) groups is 1. The Morgan fingerprint density at radius 1 is 0.974 bits per heavy atom. The molecule has 1 amide bonds. The number of anilines is 1. The van der Waals surface area contributed by atoms with Gasteiger partial charge in [0.25, 0.3) is 16.0 Å². The molecule has 2 aromatic carbocycles. The molecule has 0 unspecified atom stereocenters. The molecule has 1 aliphatic rings. The zero-order chi connectivity index (χ0) is 29.2. The van der Waals surface area contributed by atoms with Gasteiger partial charge in [0.2, 0.25) is 0 Å². The molecule has 39 heavy (non-hydrogen) atoms. The molecule has 2 N–H and O–H groups in total. The number of rotatable bonds is 11. The van der Waals surface area contributed by atoms with E-state index in [1.165, 1.54) is 39.3 Å². The zero-order valence-corrected chi connectivity index (χ0v) is 22.9. The SMILES string of the molecule is COc1cc(S(=O)(=O)CCOS(=O)(=O)O)c(OC)cc1N=N[C@H]1C(=O)N(c2ccc(S(=O)(=O)O)cc2)N=C1C. The van der Waals surface area contributed by atoms with Gasteiger partial charge in [-0.2, -0.15) is 37.2 Å². The average molecular weight is 607 g/mol. The van der Waals surface area contributed by atoms with Crippen LogP contribution >= 0.6 is 0 Å². The number of carbonyl (C=O) groups excluding carboxylic acids is 1. The van der Waals surface area contributed by atoms with E-state index in [0.29, 0.717) is 0 Å². The largest absolute Gasteiger partial charge is 0.495 e. The smallest absolute Gasteiger partial charge is 0.397 e. The summed E-state index contributed by atoms with van der Waals surface area (Å²) in [6, 6.07) is 5.80. The summed E-state index contributed by atoms with van der Waals surface area (Å²) in [5.41, 5.74) is 0.432. The molecular formula is C20H22N4O12S3. The lowest BCUT2D eigenvalue weighted by Crippen LogP contribution is -2.29. The van der Waals surface area contributed by atoms with Crippen molar-refractivity contribution in [1.29, 1.82) is 0 Å². The van der Waals surface area contributed by atoms with E-state index in [0.717, 1.165) is 23.2 Å². The Kier molecular flexibility index (Phi) is 8.72. The fourth-order valence-electron chi connectivity index (χ4n) is 3.29. The normalized spacial score (nSPS) is 16.5. The highest BCUT2D eigenvalue weighted by atomic mass is 32.3. The predicted molar refractivity (Wildman–Crippen MR) is 134 cm³/mol. The van der Waals surface area contributed by atoms with Crippen LogP contribution < -0.4 is 14.5 Å². The molecule has 16 nitrogen and oxygen atoms in total. The molecule has 2 aromatic rings. The number of nitrogens with zero attached hydrogens (tertiary/aromatic N) is 4. The number of benzene rings is 2. The molecule has 19 heteroatoms. The molecule has 1 aliphatic heterocycles. The molecular weight excluding hydrogens is 584 g/mol. The van der Waals surface area contributed by atoms with Crippen molar-refractivity contribution in [3.63, 3.8) is 0 Å². The molecule has 0 saturated heterocycles. The van der Waals surface area contributed by atoms with Crippen LogP contribution in [0.4, 0.5) is 11.4 Å². The minimum absolute atomic E-state index is 0.0148. The summed E-state index contributed by atoms with van der Waals surface area (Å²) in [5, 5.41) is 13.1. The predicted octanol–water partition coefficient (Wildman–Crippen LogP) is 1.42. The molecule has 0 spiro atoms. The second-order valence-corrected chi connectivity index (χ2v) is 12.3. The second kappa shape index (κ2) is 11.3. The maximum Gasteiger partial charge on any atom is 0.397 e. The first-order valence-corrected chi connectivity index (χ1v) is 15.0. The Bertz CT molecular complexity index is 1650. The van der Waals surface area contributed by atoms with Crippen LogP contribution in [-0.2, 0) is 39.3 Å². The number of sulfone groups is 1.